The largest absolute Gasteiger partial charge is 0.370 e. The topological polar surface area (TPSA) is 84.5 Å². The van der Waals surface area contributed by atoms with E-state index in [0.717, 1.165) is 12.1 Å². The molecule has 1 rings (SSSR count). The van der Waals surface area contributed by atoms with Gasteiger partial charge in [0.1, 0.15) is 0 Å². The van der Waals surface area contributed by atoms with E-state index >= 15 is 0 Å². The molecule has 0 saturated heterocycles. The third kappa shape index (κ3) is 4.52. The number of nitrogens with zero attached hydrogens (tertiary/aromatic N) is 1. The Morgan fingerprint density at radius 3 is 2.30 bits per heavy atom. The van der Waals surface area contributed by atoms with Gasteiger partial charge in [-0.1, -0.05) is 19.1 Å². The standard InChI is InChI=1S/C14H23N3O2S/c1-5-11-6-8-12(9-7-11)17-13(15)16-10-14(2,3)20(4,18)19/h6-9H,5,10H2,1-4H3,(H3,15,16,17). The zero-order chi connectivity index (χ0) is 15.4. The van der Waals surface area contributed by atoms with Crippen molar-refractivity contribution in [3.05, 3.63) is 29.8 Å². The molecular weight excluding hydrogens is 274 g/mol. The number of aryl methyl sites for hydroxylation is 1. The Morgan fingerprint density at radius 2 is 1.85 bits per heavy atom. The maximum atomic E-state index is 11.6. The number of aliphatic imine (C=N–C) groups is 1. The Balaban J connectivity index is 2.70. The van der Waals surface area contributed by atoms with Gasteiger partial charge in [-0.25, -0.2) is 8.42 Å². The Bertz CT molecular complexity index is 575. The van der Waals surface area contributed by atoms with Crippen molar-refractivity contribution in [3.8, 4) is 0 Å². The lowest BCUT2D eigenvalue weighted by Crippen LogP contribution is -2.36. The van der Waals surface area contributed by atoms with Gasteiger partial charge in [0.15, 0.2) is 15.8 Å². The quantitative estimate of drug-likeness (QED) is 0.641. The minimum atomic E-state index is -3.17. The first-order valence-corrected chi connectivity index (χ1v) is 8.40. The molecule has 0 bridgehead atoms. The Hall–Kier alpha value is -1.56. The molecule has 5 nitrogen and oxygen atoms in total. The highest BCUT2D eigenvalue weighted by atomic mass is 32.2. The number of hydrogen-bond acceptors (Lipinski definition) is 3. The van der Waals surface area contributed by atoms with Crippen LogP contribution < -0.4 is 11.1 Å². The molecule has 20 heavy (non-hydrogen) atoms. The fourth-order valence-electron chi connectivity index (χ4n) is 1.40. The van der Waals surface area contributed by atoms with Crippen LogP contribution in [-0.2, 0) is 16.3 Å². The molecule has 1 aromatic rings. The predicted molar refractivity (Wildman–Crippen MR) is 84.9 cm³/mol. The van der Waals surface area contributed by atoms with E-state index in [1.54, 1.807) is 13.8 Å². The molecule has 112 valence electrons. The van der Waals surface area contributed by atoms with Crippen LogP contribution in [0.2, 0.25) is 0 Å². The lowest BCUT2D eigenvalue weighted by atomic mass is 10.1. The molecule has 3 N–H and O–H groups in total. The molecule has 0 spiro atoms. The van der Waals surface area contributed by atoms with Crippen LogP contribution in [0, 0.1) is 0 Å². The first-order chi connectivity index (χ1) is 9.15. The number of nitrogens with two attached hydrogens (primary N) is 1. The van der Waals surface area contributed by atoms with Crippen LogP contribution in [0.5, 0.6) is 0 Å². The van der Waals surface area contributed by atoms with Crippen LogP contribution in [-0.4, -0.2) is 31.9 Å². The van der Waals surface area contributed by atoms with Gasteiger partial charge in [-0.2, -0.15) is 0 Å². The molecule has 0 amide bonds. The minimum absolute atomic E-state index is 0.123. The van der Waals surface area contributed by atoms with Gasteiger partial charge in [-0.15, -0.1) is 0 Å². The lowest BCUT2D eigenvalue weighted by molar-refractivity contribution is 0.555. The highest BCUT2D eigenvalue weighted by molar-refractivity contribution is 7.92. The summed E-state index contributed by atoms with van der Waals surface area (Å²) in [6.45, 7) is 5.48. The summed E-state index contributed by atoms with van der Waals surface area (Å²) in [6.07, 6.45) is 2.18. The molecule has 0 aliphatic carbocycles. The zero-order valence-corrected chi connectivity index (χ0v) is 13.3. The van der Waals surface area contributed by atoms with Gasteiger partial charge in [0.25, 0.3) is 0 Å². The summed E-state index contributed by atoms with van der Waals surface area (Å²) >= 11 is 0. The van der Waals surface area contributed by atoms with E-state index in [4.69, 9.17) is 5.73 Å². The van der Waals surface area contributed by atoms with Crippen molar-refractivity contribution in [1.82, 2.24) is 0 Å². The monoisotopic (exact) mass is 297 g/mol. The van der Waals surface area contributed by atoms with Crippen LogP contribution >= 0.6 is 0 Å². The van der Waals surface area contributed by atoms with Crippen LogP contribution in [0.15, 0.2) is 29.3 Å². The maximum Gasteiger partial charge on any atom is 0.193 e. The van der Waals surface area contributed by atoms with Crippen molar-refractivity contribution in [2.24, 2.45) is 10.7 Å². The van der Waals surface area contributed by atoms with E-state index in [1.165, 1.54) is 11.8 Å². The number of nitrogens with one attached hydrogen (secondary N) is 1. The summed E-state index contributed by atoms with van der Waals surface area (Å²) in [5, 5.41) is 2.95. The highest BCUT2D eigenvalue weighted by Crippen LogP contribution is 2.15. The van der Waals surface area contributed by atoms with Crippen molar-refractivity contribution in [1.29, 1.82) is 0 Å². The molecule has 0 atom stereocenters. The molecule has 0 fully saturated rings. The molecule has 0 aliphatic rings. The summed E-state index contributed by atoms with van der Waals surface area (Å²) in [5.74, 6) is 0.214. The number of benzene rings is 1. The maximum absolute atomic E-state index is 11.6. The average molecular weight is 297 g/mol. The van der Waals surface area contributed by atoms with Crippen LogP contribution in [0.1, 0.15) is 26.3 Å². The number of sulfone groups is 1. The first-order valence-electron chi connectivity index (χ1n) is 6.51. The van der Waals surface area contributed by atoms with Crippen molar-refractivity contribution in [2.45, 2.75) is 31.9 Å². The van der Waals surface area contributed by atoms with Crippen molar-refractivity contribution < 1.29 is 8.42 Å². The Labute approximate surface area is 121 Å². The molecule has 0 heterocycles. The Morgan fingerprint density at radius 1 is 1.30 bits per heavy atom. The number of anilines is 1. The van der Waals surface area contributed by atoms with E-state index in [-0.39, 0.29) is 12.5 Å². The minimum Gasteiger partial charge on any atom is -0.370 e. The Kier molecular flexibility index (Phi) is 5.16. The first kappa shape index (κ1) is 16.5. The van der Waals surface area contributed by atoms with E-state index in [2.05, 4.69) is 17.2 Å². The molecule has 0 unspecified atom stereocenters. The fraction of sp³-hybridized carbons (Fsp3) is 0.500. The normalized spacial score (nSPS) is 13.3. The molecule has 0 radical (unpaired) electrons. The van der Waals surface area contributed by atoms with E-state index in [9.17, 15) is 8.42 Å². The molecule has 0 aliphatic heterocycles. The smallest absolute Gasteiger partial charge is 0.193 e. The number of hydrogen-bond donors (Lipinski definition) is 2. The summed E-state index contributed by atoms with van der Waals surface area (Å²) in [6, 6.07) is 7.86. The lowest BCUT2D eigenvalue weighted by Gasteiger charge is -2.20. The molecular formula is C14H23N3O2S. The summed E-state index contributed by atoms with van der Waals surface area (Å²) in [5.41, 5.74) is 7.84. The third-order valence-electron chi connectivity index (χ3n) is 3.27. The predicted octanol–water partition coefficient (Wildman–Crippen LogP) is 1.80. The summed E-state index contributed by atoms with van der Waals surface area (Å²) < 4.78 is 22.2. The van der Waals surface area contributed by atoms with Gasteiger partial charge < -0.3 is 11.1 Å². The van der Waals surface area contributed by atoms with Crippen molar-refractivity contribution in [2.75, 3.05) is 18.1 Å². The number of guanidine groups is 1. The zero-order valence-electron chi connectivity index (χ0n) is 12.5. The molecule has 1 aromatic carbocycles. The van der Waals surface area contributed by atoms with E-state index < -0.39 is 14.6 Å². The summed E-state index contributed by atoms with van der Waals surface area (Å²) in [7, 11) is -3.17. The van der Waals surface area contributed by atoms with Gasteiger partial charge in [-0.3, -0.25) is 4.99 Å². The second-order valence-electron chi connectivity index (χ2n) is 5.41. The second-order valence-corrected chi connectivity index (χ2v) is 8.06. The SMILES string of the molecule is CCc1ccc(NC(N)=NCC(C)(C)S(C)(=O)=O)cc1. The van der Waals surface area contributed by atoms with Gasteiger partial charge in [-0.05, 0) is 38.0 Å². The van der Waals surface area contributed by atoms with E-state index in [0.29, 0.717) is 0 Å². The highest BCUT2D eigenvalue weighted by Gasteiger charge is 2.29. The molecule has 6 heteroatoms. The van der Waals surface area contributed by atoms with Gasteiger partial charge in [0.2, 0.25) is 0 Å². The summed E-state index contributed by atoms with van der Waals surface area (Å²) in [4.78, 5) is 4.10. The van der Waals surface area contributed by atoms with Crippen LogP contribution in [0.3, 0.4) is 0 Å². The van der Waals surface area contributed by atoms with Gasteiger partial charge in [0, 0.05) is 11.9 Å². The molecule has 0 saturated carbocycles. The van der Waals surface area contributed by atoms with Crippen molar-refractivity contribution >= 4 is 21.5 Å². The van der Waals surface area contributed by atoms with Crippen LogP contribution in [0.4, 0.5) is 5.69 Å². The van der Waals surface area contributed by atoms with E-state index in [1.807, 2.05) is 24.3 Å². The average Bonchev–Trinajstić information content (AvgIpc) is 2.36. The van der Waals surface area contributed by atoms with Gasteiger partial charge >= 0.3 is 0 Å². The fourth-order valence-corrected chi connectivity index (χ4v) is 1.70. The number of rotatable bonds is 5. The molecule has 0 aromatic heterocycles. The van der Waals surface area contributed by atoms with Crippen molar-refractivity contribution in [3.63, 3.8) is 0 Å². The second kappa shape index (κ2) is 6.26. The third-order valence-corrected chi connectivity index (χ3v) is 5.41. The van der Waals surface area contributed by atoms with Gasteiger partial charge in [0.05, 0.1) is 11.3 Å². The van der Waals surface area contributed by atoms with Crippen LogP contribution in [0.25, 0.3) is 0 Å².